The molecule has 0 saturated carbocycles. The molecule has 0 aliphatic heterocycles. The third kappa shape index (κ3) is 5.62. The summed E-state index contributed by atoms with van der Waals surface area (Å²) in [6, 6.07) is 24.1. The van der Waals surface area contributed by atoms with E-state index in [2.05, 4.69) is 4.98 Å². The van der Waals surface area contributed by atoms with Crippen molar-refractivity contribution in [2.75, 3.05) is 13.7 Å². The molecule has 0 N–H and O–H groups in total. The molecule has 0 fully saturated rings. The van der Waals surface area contributed by atoms with Crippen molar-refractivity contribution in [1.29, 1.82) is 0 Å². The quantitative estimate of drug-likeness (QED) is 0.321. The van der Waals surface area contributed by atoms with Gasteiger partial charge in [0, 0.05) is 38.0 Å². The molecule has 0 aliphatic carbocycles. The highest BCUT2D eigenvalue weighted by atomic mass is 32.2. The summed E-state index contributed by atoms with van der Waals surface area (Å²) in [6.07, 6.45) is 3.22. The van der Waals surface area contributed by atoms with Gasteiger partial charge < -0.3 is 9.47 Å². The first-order valence-electron chi connectivity index (χ1n) is 11.1. The standard InChI is InChI=1S/C27H28N2O4S/c1-21(20-32-2)33-25-10-5-7-23(17-25)19-29(18-22-13-15-28-16-14-22)34(30,31)27-12-6-9-24-8-3-4-11-26(24)27/h3-17,21H,18-20H2,1-2H3/t21-/m1/s1. The van der Waals surface area contributed by atoms with Gasteiger partial charge >= 0.3 is 0 Å². The van der Waals surface area contributed by atoms with E-state index in [4.69, 9.17) is 9.47 Å². The second-order valence-electron chi connectivity index (χ2n) is 8.14. The van der Waals surface area contributed by atoms with E-state index in [0.29, 0.717) is 22.6 Å². The molecule has 6 nitrogen and oxygen atoms in total. The fourth-order valence-electron chi connectivity index (χ4n) is 3.90. The maximum atomic E-state index is 14.0. The van der Waals surface area contributed by atoms with Crippen molar-refractivity contribution < 1.29 is 17.9 Å². The van der Waals surface area contributed by atoms with Crippen LogP contribution in [0.25, 0.3) is 10.8 Å². The lowest BCUT2D eigenvalue weighted by Crippen LogP contribution is -2.30. The van der Waals surface area contributed by atoms with Crippen molar-refractivity contribution in [3.05, 3.63) is 102 Å². The molecule has 0 bridgehead atoms. The summed E-state index contributed by atoms with van der Waals surface area (Å²) in [7, 11) is -2.19. The number of sulfonamides is 1. The minimum Gasteiger partial charge on any atom is -0.488 e. The highest BCUT2D eigenvalue weighted by Gasteiger charge is 2.27. The molecule has 1 aromatic heterocycles. The molecule has 0 amide bonds. The Labute approximate surface area is 200 Å². The largest absolute Gasteiger partial charge is 0.488 e. The van der Waals surface area contributed by atoms with E-state index in [0.717, 1.165) is 16.5 Å². The van der Waals surface area contributed by atoms with Gasteiger partial charge in [-0.1, -0.05) is 48.5 Å². The molecule has 0 spiro atoms. The van der Waals surface area contributed by atoms with Crippen LogP contribution in [0.5, 0.6) is 5.75 Å². The Balaban J connectivity index is 1.70. The van der Waals surface area contributed by atoms with Gasteiger partial charge in [-0.3, -0.25) is 4.98 Å². The SMILES string of the molecule is COC[C@@H](C)Oc1cccc(CN(Cc2ccncc2)S(=O)(=O)c2cccc3ccccc23)c1. The second-order valence-corrected chi connectivity index (χ2v) is 10.0. The van der Waals surface area contributed by atoms with Crippen molar-refractivity contribution in [2.24, 2.45) is 0 Å². The van der Waals surface area contributed by atoms with Gasteiger partial charge in [-0.2, -0.15) is 4.31 Å². The Morgan fingerprint density at radius 1 is 0.882 bits per heavy atom. The fraction of sp³-hybridized carbons (Fsp3) is 0.222. The van der Waals surface area contributed by atoms with Gasteiger partial charge in [-0.25, -0.2) is 8.42 Å². The Morgan fingerprint density at radius 2 is 1.59 bits per heavy atom. The Bertz CT molecular complexity index is 1340. The van der Waals surface area contributed by atoms with E-state index in [-0.39, 0.29) is 19.2 Å². The van der Waals surface area contributed by atoms with Crippen LogP contribution in [-0.2, 0) is 27.8 Å². The summed E-state index contributed by atoms with van der Waals surface area (Å²) in [4.78, 5) is 4.35. The maximum Gasteiger partial charge on any atom is 0.244 e. The lowest BCUT2D eigenvalue weighted by molar-refractivity contribution is 0.0920. The zero-order valence-electron chi connectivity index (χ0n) is 19.3. The van der Waals surface area contributed by atoms with Gasteiger partial charge in [-0.15, -0.1) is 0 Å². The number of methoxy groups -OCH3 is 1. The highest BCUT2D eigenvalue weighted by Crippen LogP contribution is 2.28. The van der Waals surface area contributed by atoms with Crippen LogP contribution < -0.4 is 4.74 Å². The van der Waals surface area contributed by atoms with Crippen molar-refractivity contribution in [3.8, 4) is 5.75 Å². The Kier molecular flexibility index (Phi) is 7.57. The van der Waals surface area contributed by atoms with E-state index < -0.39 is 10.0 Å². The van der Waals surface area contributed by atoms with Gasteiger partial charge in [0.1, 0.15) is 11.9 Å². The lowest BCUT2D eigenvalue weighted by atomic mass is 10.1. The number of benzene rings is 3. The average molecular weight is 477 g/mol. The van der Waals surface area contributed by atoms with E-state index in [9.17, 15) is 8.42 Å². The predicted molar refractivity (Wildman–Crippen MR) is 133 cm³/mol. The van der Waals surface area contributed by atoms with E-state index in [1.54, 1.807) is 31.6 Å². The smallest absolute Gasteiger partial charge is 0.244 e. The van der Waals surface area contributed by atoms with Crippen molar-refractivity contribution in [3.63, 3.8) is 0 Å². The van der Waals surface area contributed by atoms with Crippen LogP contribution in [0, 0.1) is 0 Å². The zero-order valence-corrected chi connectivity index (χ0v) is 20.1. The van der Waals surface area contributed by atoms with Gasteiger partial charge in [0.15, 0.2) is 0 Å². The van der Waals surface area contributed by atoms with Crippen molar-refractivity contribution in [1.82, 2.24) is 9.29 Å². The Hall–Kier alpha value is -3.26. The van der Waals surface area contributed by atoms with Crippen LogP contribution in [0.3, 0.4) is 0 Å². The topological polar surface area (TPSA) is 68.7 Å². The molecule has 0 unspecified atom stereocenters. The lowest BCUT2D eigenvalue weighted by Gasteiger charge is -2.24. The molecular weight excluding hydrogens is 448 g/mol. The first kappa shape index (κ1) is 23.9. The van der Waals surface area contributed by atoms with Crippen molar-refractivity contribution in [2.45, 2.75) is 31.0 Å². The number of pyridine rings is 1. The summed E-state index contributed by atoms with van der Waals surface area (Å²) in [6.45, 7) is 2.81. The molecular formula is C27H28N2O4S. The van der Waals surface area contributed by atoms with Crippen LogP contribution in [0.4, 0.5) is 0 Å². The van der Waals surface area contributed by atoms with Crippen LogP contribution in [0.15, 0.2) is 96.2 Å². The molecule has 0 aliphatic rings. The number of rotatable bonds is 10. The summed E-state index contributed by atoms with van der Waals surface area (Å²) in [5, 5.41) is 1.59. The van der Waals surface area contributed by atoms with Crippen LogP contribution >= 0.6 is 0 Å². The molecule has 4 rings (SSSR count). The third-order valence-electron chi connectivity index (χ3n) is 5.47. The molecule has 176 valence electrons. The molecule has 4 aromatic rings. The highest BCUT2D eigenvalue weighted by molar-refractivity contribution is 7.89. The van der Waals surface area contributed by atoms with Crippen LogP contribution in [0.1, 0.15) is 18.1 Å². The zero-order chi connectivity index (χ0) is 24.0. The molecule has 1 atom stereocenters. The monoisotopic (exact) mass is 476 g/mol. The van der Waals surface area contributed by atoms with Crippen molar-refractivity contribution >= 4 is 20.8 Å². The van der Waals surface area contributed by atoms with Gasteiger partial charge in [-0.05, 0) is 53.8 Å². The normalized spacial score (nSPS) is 12.7. The van der Waals surface area contributed by atoms with Crippen LogP contribution in [0.2, 0.25) is 0 Å². The van der Waals surface area contributed by atoms with Gasteiger partial charge in [0.2, 0.25) is 10.0 Å². The molecule has 0 saturated heterocycles. The first-order valence-corrected chi connectivity index (χ1v) is 12.5. The average Bonchev–Trinajstić information content (AvgIpc) is 2.84. The minimum atomic E-state index is -3.82. The van der Waals surface area contributed by atoms with Gasteiger partial charge in [0.05, 0.1) is 11.5 Å². The van der Waals surface area contributed by atoms with E-state index in [1.807, 2.05) is 73.7 Å². The molecule has 7 heteroatoms. The summed E-state index contributed by atoms with van der Waals surface area (Å²) < 4.78 is 40.5. The predicted octanol–water partition coefficient (Wildman–Crippen LogP) is 5.04. The number of hydrogen-bond acceptors (Lipinski definition) is 5. The summed E-state index contributed by atoms with van der Waals surface area (Å²) in [5.74, 6) is 0.675. The summed E-state index contributed by atoms with van der Waals surface area (Å²) >= 11 is 0. The number of fused-ring (bicyclic) bond motifs is 1. The number of ether oxygens (including phenoxy) is 2. The molecule has 3 aromatic carbocycles. The molecule has 1 heterocycles. The maximum absolute atomic E-state index is 14.0. The van der Waals surface area contributed by atoms with Crippen LogP contribution in [-0.4, -0.2) is 37.5 Å². The molecule has 0 radical (unpaired) electrons. The number of hydrogen-bond donors (Lipinski definition) is 0. The number of nitrogens with zero attached hydrogens (tertiary/aromatic N) is 2. The summed E-state index contributed by atoms with van der Waals surface area (Å²) in [5.41, 5.74) is 1.69. The third-order valence-corrected chi connectivity index (χ3v) is 7.32. The first-order chi connectivity index (χ1) is 16.5. The minimum absolute atomic E-state index is 0.118. The fourth-order valence-corrected chi connectivity index (χ4v) is 5.53. The van der Waals surface area contributed by atoms with Gasteiger partial charge in [0.25, 0.3) is 0 Å². The second kappa shape index (κ2) is 10.8. The van der Waals surface area contributed by atoms with E-state index in [1.165, 1.54) is 4.31 Å². The molecule has 34 heavy (non-hydrogen) atoms. The number of aromatic nitrogens is 1. The van der Waals surface area contributed by atoms with E-state index >= 15 is 0 Å². The Morgan fingerprint density at radius 3 is 2.38 bits per heavy atom.